The Balaban J connectivity index is 2.46. The van der Waals surface area contributed by atoms with Crippen molar-refractivity contribution in [3.63, 3.8) is 0 Å². The maximum atomic E-state index is 12.3. The van der Waals surface area contributed by atoms with Crippen LogP contribution < -0.4 is 16.4 Å². The Morgan fingerprint density at radius 1 is 1.11 bits per heavy atom. The first-order valence-corrected chi connectivity index (χ1v) is 5.25. The van der Waals surface area contributed by atoms with Crippen LogP contribution in [-0.2, 0) is 17.5 Å². The van der Waals surface area contributed by atoms with Crippen LogP contribution in [0, 0.1) is 0 Å². The summed E-state index contributed by atoms with van der Waals surface area (Å²) in [5.74, 6) is -0.487. The van der Waals surface area contributed by atoms with Crippen LogP contribution in [0.3, 0.4) is 0 Å². The van der Waals surface area contributed by atoms with Crippen LogP contribution in [0.4, 0.5) is 18.0 Å². The summed E-state index contributed by atoms with van der Waals surface area (Å²) in [5, 5.41) is 4.51. The molecule has 0 radical (unpaired) electrons. The van der Waals surface area contributed by atoms with Crippen LogP contribution in [0.1, 0.15) is 11.1 Å². The van der Waals surface area contributed by atoms with Crippen LogP contribution >= 0.6 is 0 Å². The molecular weight excluding hydrogens is 263 g/mol. The van der Waals surface area contributed by atoms with Crippen molar-refractivity contribution in [3.05, 3.63) is 35.4 Å². The molecular formula is C11H12F3N3O2. The SMILES string of the molecule is NC(=O)NCC(=O)NCc1ccc(C(F)(F)F)cc1. The van der Waals surface area contributed by atoms with E-state index in [0.717, 1.165) is 12.1 Å². The second kappa shape index (κ2) is 6.07. The standard InChI is InChI=1S/C11H12F3N3O2/c12-11(13,14)8-3-1-7(2-4-8)5-16-9(18)6-17-10(15)19/h1-4H,5-6H2,(H,16,18)(H3,15,17,19). The lowest BCUT2D eigenvalue weighted by Crippen LogP contribution is -2.39. The summed E-state index contributed by atoms with van der Waals surface area (Å²) in [4.78, 5) is 21.5. The summed E-state index contributed by atoms with van der Waals surface area (Å²) in [6.45, 7) is -0.215. The fourth-order valence-electron chi connectivity index (χ4n) is 1.24. The molecule has 104 valence electrons. The zero-order valence-electron chi connectivity index (χ0n) is 9.75. The lowest BCUT2D eigenvalue weighted by atomic mass is 10.1. The Kier molecular flexibility index (Phi) is 4.74. The number of primary amides is 1. The highest BCUT2D eigenvalue weighted by molar-refractivity contribution is 5.83. The van der Waals surface area contributed by atoms with Crippen LogP contribution in [0.15, 0.2) is 24.3 Å². The molecule has 1 rings (SSSR count). The molecule has 0 saturated carbocycles. The first-order valence-electron chi connectivity index (χ1n) is 5.25. The van der Waals surface area contributed by atoms with E-state index in [-0.39, 0.29) is 13.1 Å². The molecule has 1 aromatic carbocycles. The number of carbonyl (C=O) groups excluding carboxylic acids is 2. The highest BCUT2D eigenvalue weighted by atomic mass is 19.4. The molecule has 0 unspecified atom stereocenters. The molecule has 0 aliphatic heterocycles. The van der Waals surface area contributed by atoms with Crippen molar-refractivity contribution in [2.24, 2.45) is 5.73 Å². The summed E-state index contributed by atoms with van der Waals surface area (Å²) >= 11 is 0. The van der Waals surface area contributed by atoms with Gasteiger partial charge in [-0.15, -0.1) is 0 Å². The fourth-order valence-corrected chi connectivity index (χ4v) is 1.24. The van der Waals surface area contributed by atoms with Crippen molar-refractivity contribution in [1.82, 2.24) is 10.6 Å². The number of hydrogen-bond donors (Lipinski definition) is 3. The van der Waals surface area contributed by atoms with Crippen molar-refractivity contribution in [3.8, 4) is 0 Å². The largest absolute Gasteiger partial charge is 0.416 e. The minimum atomic E-state index is -4.38. The lowest BCUT2D eigenvalue weighted by Gasteiger charge is -2.08. The number of hydrogen-bond acceptors (Lipinski definition) is 2. The van der Waals surface area contributed by atoms with E-state index in [9.17, 15) is 22.8 Å². The van der Waals surface area contributed by atoms with Gasteiger partial charge in [-0.2, -0.15) is 13.2 Å². The number of nitrogens with one attached hydrogen (secondary N) is 2. The van der Waals surface area contributed by atoms with Crippen LogP contribution in [0.2, 0.25) is 0 Å². The second-order valence-electron chi connectivity index (χ2n) is 3.69. The molecule has 0 spiro atoms. The molecule has 19 heavy (non-hydrogen) atoms. The Morgan fingerprint density at radius 2 is 1.68 bits per heavy atom. The molecule has 0 bridgehead atoms. The fraction of sp³-hybridized carbons (Fsp3) is 0.273. The van der Waals surface area contributed by atoms with Crippen LogP contribution in [-0.4, -0.2) is 18.5 Å². The number of nitrogens with two attached hydrogens (primary N) is 1. The minimum absolute atomic E-state index is 0.0669. The normalized spacial score (nSPS) is 10.9. The maximum Gasteiger partial charge on any atom is 0.416 e. The Morgan fingerprint density at radius 3 is 2.16 bits per heavy atom. The quantitative estimate of drug-likeness (QED) is 0.765. The maximum absolute atomic E-state index is 12.3. The van der Waals surface area contributed by atoms with Gasteiger partial charge in [0.25, 0.3) is 0 Å². The number of urea groups is 1. The Hall–Kier alpha value is -2.25. The van der Waals surface area contributed by atoms with E-state index >= 15 is 0 Å². The van der Waals surface area contributed by atoms with E-state index in [1.807, 2.05) is 0 Å². The molecule has 0 atom stereocenters. The van der Waals surface area contributed by atoms with E-state index in [2.05, 4.69) is 10.6 Å². The third-order valence-electron chi connectivity index (χ3n) is 2.19. The summed E-state index contributed by atoms with van der Waals surface area (Å²) in [7, 11) is 0. The van der Waals surface area contributed by atoms with Gasteiger partial charge < -0.3 is 16.4 Å². The van der Waals surface area contributed by atoms with Crippen molar-refractivity contribution in [2.75, 3.05) is 6.54 Å². The molecule has 8 heteroatoms. The zero-order valence-corrected chi connectivity index (χ0v) is 9.75. The number of halogens is 3. The number of carbonyl (C=O) groups is 2. The van der Waals surface area contributed by atoms with Gasteiger partial charge in [-0.05, 0) is 17.7 Å². The van der Waals surface area contributed by atoms with Crippen LogP contribution in [0.25, 0.3) is 0 Å². The highest BCUT2D eigenvalue weighted by Gasteiger charge is 2.29. The van der Waals surface area contributed by atoms with E-state index in [1.165, 1.54) is 12.1 Å². The van der Waals surface area contributed by atoms with Gasteiger partial charge in [-0.25, -0.2) is 4.79 Å². The molecule has 0 aliphatic rings. The van der Waals surface area contributed by atoms with Crippen molar-refractivity contribution in [2.45, 2.75) is 12.7 Å². The molecule has 0 aromatic heterocycles. The molecule has 0 heterocycles. The van der Waals surface area contributed by atoms with E-state index in [1.54, 1.807) is 0 Å². The smallest absolute Gasteiger partial charge is 0.352 e. The van der Waals surface area contributed by atoms with Gasteiger partial charge in [0.2, 0.25) is 5.91 Å². The van der Waals surface area contributed by atoms with Gasteiger partial charge in [0, 0.05) is 6.54 Å². The third-order valence-corrected chi connectivity index (χ3v) is 2.19. The second-order valence-corrected chi connectivity index (χ2v) is 3.69. The number of alkyl halides is 3. The third kappa shape index (κ3) is 5.28. The number of benzene rings is 1. The Labute approximate surface area is 107 Å². The topological polar surface area (TPSA) is 84.2 Å². The molecule has 0 aliphatic carbocycles. The predicted octanol–water partition coefficient (Wildman–Crippen LogP) is 0.990. The molecule has 3 amide bonds. The monoisotopic (exact) mass is 275 g/mol. The highest BCUT2D eigenvalue weighted by Crippen LogP contribution is 2.28. The van der Waals surface area contributed by atoms with Gasteiger partial charge in [-0.3, -0.25) is 4.79 Å². The molecule has 0 saturated heterocycles. The summed E-state index contributed by atoms with van der Waals surface area (Å²) in [6, 6.07) is 3.58. The summed E-state index contributed by atoms with van der Waals surface area (Å²) in [6.07, 6.45) is -4.38. The summed E-state index contributed by atoms with van der Waals surface area (Å²) < 4.78 is 36.9. The average molecular weight is 275 g/mol. The minimum Gasteiger partial charge on any atom is -0.352 e. The number of amides is 3. The summed E-state index contributed by atoms with van der Waals surface area (Å²) in [5.41, 5.74) is 4.53. The van der Waals surface area contributed by atoms with E-state index in [4.69, 9.17) is 5.73 Å². The van der Waals surface area contributed by atoms with Gasteiger partial charge in [0.15, 0.2) is 0 Å². The van der Waals surface area contributed by atoms with Gasteiger partial charge in [0.05, 0.1) is 12.1 Å². The van der Waals surface area contributed by atoms with E-state index < -0.39 is 23.7 Å². The molecule has 1 aromatic rings. The van der Waals surface area contributed by atoms with Crippen molar-refractivity contribution >= 4 is 11.9 Å². The Bertz CT molecular complexity index is 457. The molecule has 0 fully saturated rings. The first kappa shape index (κ1) is 14.8. The lowest BCUT2D eigenvalue weighted by molar-refractivity contribution is -0.137. The predicted molar refractivity (Wildman–Crippen MR) is 60.9 cm³/mol. The van der Waals surface area contributed by atoms with E-state index in [0.29, 0.717) is 5.56 Å². The number of rotatable bonds is 4. The van der Waals surface area contributed by atoms with Crippen LogP contribution in [0.5, 0.6) is 0 Å². The first-order chi connectivity index (χ1) is 8.79. The van der Waals surface area contributed by atoms with Gasteiger partial charge >= 0.3 is 12.2 Å². The van der Waals surface area contributed by atoms with Crippen molar-refractivity contribution < 1.29 is 22.8 Å². The zero-order chi connectivity index (χ0) is 14.5. The molecule has 4 N–H and O–H groups in total. The molecule has 5 nitrogen and oxygen atoms in total. The van der Waals surface area contributed by atoms with Gasteiger partial charge in [-0.1, -0.05) is 12.1 Å². The van der Waals surface area contributed by atoms with Crippen molar-refractivity contribution in [1.29, 1.82) is 0 Å². The average Bonchev–Trinajstić information content (AvgIpc) is 2.33. The van der Waals surface area contributed by atoms with Gasteiger partial charge in [0.1, 0.15) is 0 Å².